The van der Waals surface area contributed by atoms with Gasteiger partial charge in [0.05, 0.1) is 0 Å². The predicted octanol–water partition coefficient (Wildman–Crippen LogP) is 1.03. The molecule has 0 amide bonds. The Morgan fingerprint density at radius 1 is 1.60 bits per heavy atom. The third kappa shape index (κ3) is 1.71. The number of aryl methyl sites for hydroxylation is 1. The lowest BCUT2D eigenvalue weighted by molar-refractivity contribution is 0.899. The molecule has 0 spiro atoms. The highest BCUT2D eigenvalue weighted by atomic mass is 32.1. The van der Waals surface area contributed by atoms with Crippen LogP contribution >= 0.6 is 12.2 Å². The number of terminal acetylenes is 1. The molecule has 52 valence electrons. The summed E-state index contributed by atoms with van der Waals surface area (Å²) in [4.78, 5) is 3.96. The van der Waals surface area contributed by atoms with Gasteiger partial charge in [0, 0.05) is 12.8 Å². The summed E-state index contributed by atoms with van der Waals surface area (Å²) in [6, 6.07) is 0. The van der Waals surface area contributed by atoms with Crippen LogP contribution in [0.2, 0.25) is 0 Å². The number of aromatic amines is 2. The maximum Gasteiger partial charge on any atom is 0.213 e. The van der Waals surface area contributed by atoms with E-state index >= 15 is 0 Å². The van der Waals surface area contributed by atoms with E-state index in [9.17, 15) is 0 Å². The first kappa shape index (κ1) is 7.03. The van der Waals surface area contributed by atoms with Crippen LogP contribution in [0, 0.1) is 17.1 Å². The lowest BCUT2D eigenvalue weighted by Gasteiger charge is -1.84. The summed E-state index contributed by atoms with van der Waals surface area (Å²) < 4.78 is 0.479. The van der Waals surface area contributed by atoms with Gasteiger partial charge < -0.3 is 0 Å². The fraction of sp³-hybridized carbons (Fsp3) is 0.333. The fourth-order valence-electron chi connectivity index (χ4n) is 0.613. The average Bonchev–Trinajstić information content (AvgIpc) is 2.31. The van der Waals surface area contributed by atoms with Gasteiger partial charge in [-0.1, -0.05) is 0 Å². The van der Waals surface area contributed by atoms with Crippen LogP contribution in [-0.2, 0) is 6.42 Å². The third-order valence-corrected chi connectivity index (χ3v) is 1.25. The predicted molar refractivity (Wildman–Crippen MR) is 40.9 cm³/mol. The fourth-order valence-corrected chi connectivity index (χ4v) is 0.774. The van der Waals surface area contributed by atoms with Gasteiger partial charge in [-0.2, -0.15) is 0 Å². The number of nitrogens with one attached hydrogen (secondary N) is 2. The maximum absolute atomic E-state index is 5.06. The van der Waals surface area contributed by atoms with Crippen molar-refractivity contribution < 1.29 is 0 Å². The van der Waals surface area contributed by atoms with Crippen molar-refractivity contribution in [2.75, 3.05) is 0 Å². The number of hydrogen-bond donors (Lipinski definition) is 2. The van der Waals surface area contributed by atoms with E-state index in [1.807, 2.05) is 0 Å². The van der Waals surface area contributed by atoms with E-state index in [4.69, 9.17) is 18.6 Å². The largest absolute Gasteiger partial charge is 0.286 e. The Hall–Kier alpha value is -1.08. The van der Waals surface area contributed by atoms with E-state index in [1.54, 1.807) is 0 Å². The van der Waals surface area contributed by atoms with E-state index in [2.05, 4.69) is 21.1 Å². The molecule has 0 aliphatic heterocycles. The molecule has 0 aromatic carbocycles. The van der Waals surface area contributed by atoms with Crippen LogP contribution in [0.25, 0.3) is 0 Å². The molecule has 1 aromatic rings. The van der Waals surface area contributed by atoms with Crippen LogP contribution in [0.3, 0.4) is 0 Å². The van der Waals surface area contributed by atoms with Gasteiger partial charge in [-0.3, -0.25) is 10.2 Å². The molecule has 0 saturated carbocycles. The molecule has 1 aromatic heterocycles. The summed E-state index contributed by atoms with van der Waals surface area (Å²) in [6.07, 6.45) is 6.50. The highest BCUT2D eigenvalue weighted by Gasteiger charge is 1.92. The minimum Gasteiger partial charge on any atom is -0.286 e. The number of aromatic nitrogens is 3. The topological polar surface area (TPSA) is 44.5 Å². The van der Waals surface area contributed by atoms with Crippen molar-refractivity contribution in [3.05, 3.63) is 10.6 Å². The zero-order valence-corrected chi connectivity index (χ0v) is 6.16. The van der Waals surface area contributed by atoms with Crippen LogP contribution in [0.1, 0.15) is 12.2 Å². The standard InChI is InChI=1S/C6H7N3S/c1-2-3-4-5-7-6(10)9-8-5/h1H,3-4H2,(H2,7,8,9,10). The highest BCUT2D eigenvalue weighted by Crippen LogP contribution is 1.91. The zero-order valence-electron chi connectivity index (χ0n) is 5.35. The van der Waals surface area contributed by atoms with Gasteiger partial charge in [-0.05, 0) is 12.2 Å². The second-order valence-electron chi connectivity index (χ2n) is 1.82. The SMILES string of the molecule is C#CCCc1nc(=S)[nH][nH]1. The molecular formula is C6H7N3S. The molecule has 0 bridgehead atoms. The molecule has 4 heteroatoms. The summed E-state index contributed by atoms with van der Waals surface area (Å²) in [7, 11) is 0. The van der Waals surface area contributed by atoms with Crippen molar-refractivity contribution >= 4 is 12.2 Å². The van der Waals surface area contributed by atoms with Crippen LogP contribution in [0.5, 0.6) is 0 Å². The van der Waals surface area contributed by atoms with Crippen molar-refractivity contribution in [2.24, 2.45) is 0 Å². The van der Waals surface area contributed by atoms with Crippen molar-refractivity contribution in [3.63, 3.8) is 0 Å². The molecule has 2 N–H and O–H groups in total. The van der Waals surface area contributed by atoms with Crippen LogP contribution in [0.15, 0.2) is 0 Å². The molecule has 0 aliphatic carbocycles. The molecule has 0 saturated heterocycles. The molecule has 0 unspecified atom stereocenters. The van der Waals surface area contributed by atoms with E-state index in [1.165, 1.54) is 0 Å². The monoisotopic (exact) mass is 153 g/mol. The number of H-pyrrole nitrogens is 2. The smallest absolute Gasteiger partial charge is 0.213 e. The van der Waals surface area contributed by atoms with Crippen LogP contribution in [0.4, 0.5) is 0 Å². The first-order chi connectivity index (χ1) is 4.83. The molecular weight excluding hydrogens is 146 g/mol. The van der Waals surface area contributed by atoms with E-state index in [0.717, 1.165) is 12.2 Å². The van der Waals surface area contributed by atoms with Gasteiger partial charge in [-0.25, -0.2) is 4.98 Å². The summed E-state index contributed by atoms with van der Waals surface area (Å²) >= 11 is 4.73. The number of nitrogens with zero attached hydrogens (tertiary/aromatic N) is 1. The summed E-state index contributed by atoms with van der Waals surface area (Å²) in [6.45, 7) is 0. The van der Waals surface area contributed by atoms with Crippen molar-refractivity contribution in [2.45, 2.75) is 12.8 Å². The minimum absolute atomic E-state index is 0.479. The lowest BCUT2D eigenvalue weighted by Crippen LogP contribution is -1.85. The van der Waals surface area contributed by atoms with E-state index in [0.29, 0.717) is 11.2 Å². The second kappa shape index (κ2) is 3.18. The third-order valence-electron chi connectivity index (χ3n) is 1.06. The lowest BCUT2D eigenvalue weighted by atomic mass is 10.3. The molecule has 0 atom stereocenters. The van der Waals surface area contributed by atoms with Crippen LogP contribution < -0.4 is 0 Å². The zero-order chi connectivity index (χ0) is 7.40. The van der Waals surface area contributed by atoms with Crippen molar-refractivity contribution in [1.29, 1.82) is 0 Å². The van der Waals surface area contributed by atoms with Gasteiger partial charge in [0.15, 0.2) is 0 Å². The van der Waals surface area contributed by atoms with Crippen molar-refractivity contribution in [3.8, 4) is 12.3 Å². The Balaban J connectivity index is 2.61. The van der Waals surface area contributed by atoms with Gasteiger partial charge in [0.2, 0.25) is 4.77 Å². The Bertz CT molecular complexity index is 290. The second-order valence-corrected chi connectivity index (χ2v) is 2.20. The Kier molecular flexibility index (Phi) is 2.24. The van der Waals surface area contributed by atoms with Crippen molar-refractivity contribution in [1.82, 2.24) is 15.2 Å². The molecule has 1 rings (SSSR count). The molecule has 3 nitrogen and oxygen atoms in total. The quantitative estimate of drug-likeness (QED) is 0.492. The first-order valence-electron chi connectivity index (χ1n) is 2.90. The van der Waals surface area contributed by atoms with Gasteiger partial charge in [-0.15, -0.1) is 12.3 Å². The average molecular weight is 153 g/mol. The summed E-state index contributed by atoms with van der Waals surface area (Å²) in [5, 5.41) is 5.49. The Morgan fingerprint density at radius 2 is 2.40 bits per heavy atom. The molecule has 0 aliphatic rings. The molecule has 0 radical (unpaired) electrons. The molecule has 10 heavy (non-hydrogen) atoms. The molecule has 1 heterocycles. The Labute approximate surface area is 63.9 Å². The Morgan fingerprint density at radius 3 is 2.90 bits per heavy atom. The summed E-state index contributed by atoms with van der Waals surface area (Å²) in [5.74, 6) is 3.34. The summed E-state index contributed by atoms with van der Waals surface area (Å²) in [5.41, 5.74) is 0. The highest BCUT2D eigenvalue weighted by molar-refractivity contribution is 7.71. The first-order valence-corrected chi connectivity index (χ1v) is 3.31. The maximum atomic E-state index is 5.06. The van der Waals surface area contributed by atoms with Gasteiger partial charge in [0.1, 0.15) is 5.82 Å². The number of rotatable bonds is 2. The minimum atomic E-state index is 0.479. The van der Waals surface area contributed by atoms with E-state index < -0.39 is 0 Å². The van der Waals surface area contributed by atoms with E-state index in [-0.39, 0.29) is 0 Å². The van der Waals surface area contributed by atoms with Gasteiger partial charge in [0.25, 0.3) is 0 Å². The number of hydrogen-bond acceptors (Lipinski definition) is 2. The van der Waals surface area contributed by atoms with Gasteiger partial charge >= 0.3 is 0 Å². The molecule has 0 fully saturated rings. The van der Waals surface area contributed by atoms with Crippen LogP contribution in [-0.4, -0.2) is 15.2 Å². The normalized spacial score (nSPS) is 9.10.